The van der Waals surface area contributed by atoms with Crippen molar-refractivity contribution in [1.29, 1.82) is 0 Å². The van der Waals surface area contributed by atoms with Crippen LogP contribution in [0.1, 0.15) is 56.0 Å². The number of carbonyl (C=O) groups excluding carboxylic acids is 3. The summed E-state index contributed by atoms with van der Waals surface area (Å²) in [4.78, 5) is 43.8. The zero-order chi connectivity index (χ0) is 31.0. The monoisotopic (exact) mass is 597 g/mol. The van der Waals surface area contributed by atoms with E-state index in [1.54, 1.807) is 37.8 Å². The molecular weight excluding hydrogens is 560 g/mol. The number of anilines is 1. The van der Waals surface area contributed by atoms with Crippen molar-refractivity contribution < 1.29 is 27.9 Å². The largest absolute Gasteiger partial charge is 0.444 e. The maximum absolute atomic E-state index is 15.1. The minimum absolute atomic E-state index is 0.00132. The standard InChI is InChI=1S/C30H37F2N7O4/c1-30(2,3)43-29(42)34-11-5-13-39-22(8-9-25(39)40)18-35-28(41)23-15-24(32)26(20-16-36-37-17-20)38-27(23)33-12-10-19-6-4-7-21(31)14-19/h4,6-7,14-17,22H,5,8-13,18H2,1-3H3,(H,33,38)(H,34,42)(H,35,41)(H,36,37)/t22-/m1/s1. The van der Waals surface area contributed by atoms with E-state index in [1.165, 1.54) is 24.5 Å². The fourth-order valence-electron chi connectivity index (χ4n) is 4.77. The predicted molar refractivity (Wildman–Crippen MR) is 156 cm³/mol. The maximum Gasteiger partial charge on any atom is 0.407 e. The van der Waals surface area contributed by atoms with Gasteiger partial charge in [-0.1, -0.05) is 12.1 Å². The SMILES string of the molecule is CC(C)(C)OC(=O)NCCCN1C(=O)CC[C@@H]1CNC(=O)c1cc(F)c(-c2cn[nH]c2)nc1NCCc1cccc(F)c1. The van der Waals surface area contributed by atoms with Gasteiger partial charge >= 0.3 is 6.09 Å². The van der Waals surface area contributed by atoms with Crippen molar-refractivity contribution in [2.45, 2.75) is 58.1 Å². The molecule has 2 aromatic heterocycles. The highest BCUT2D eigenvalue weighted by molar-refractivity contribution is 5.99. The Morgan fingerprint density at radius 1 is 1.16 bits per heavy atom. The molecule has 0 saturated carbocycles. The van der Waals surface area contributed by atoms with Gasteiger partial charge in [-0.25, -0.2) is 18.6 Å². The Morgan fingerprint density at radius 2 is 1.98 bits per heavy atom. The first-order valence-corrected chi connectivity index (χ1v) is 14.2. The number of hydrogen-bond acceptors (Lipinski definition) is 7. The number of hydrogen-bond donors (Lipinski definition) is 4. The molecule has 4 rings (SSSR count). The highest BCUT2D eigenvalue weighted by Crippen LogP contribution is 2.25. The van der Waals surface area contributed by atoms with Crippen molar-refractivity contribution in [3.05, 3.63) is 65.5 Å². The second kappa shape index (κ2) is 14.1. The van der Waals surface area contributed by atoms with Crippen LogP contribution < -0.4 is 16.0 Å². The number of benzene rings is 1. The van der Waals surface area contributed by atoms with Crippen molar-refractivity contribution >= 4 is 23.7 Å². The number of ether oxygens (including phenoxy) is 1. The molecule has 3 aromatic rings. The van der Waals surface area contributed by atoms with E-state index in [0.717, 1.165) is 11.6 Å². The number of rotatable bonds is 12. The second-order valence-corrected chi connectivity index (χ2v) is 11.3. The summed E-state index contributed by atoms with van der Waals surface area (Å²) >= 11 is 0. The molecular formula is C30H37F2N7O4. The highest BCUT2D eigenvalue weighted by atomic mass is 19.1. The average Bonchev–Trinajstić information content (AvgIpc) is 3.59. The number of aromatic nitrogens is 3. The van der Waals surface area contributed by atoms with Crippen LogP contribution in [0.2, 0.25) is 0 Å². The number of H-pyrrole nitrogens is 1. The quantitative estimate of drug-likeness (QED) is 0.231. The first-order chi connectivity index (χ1) is 20.5. The second-order valence-electron chi connectivity index (χ2n) is 11.3. The molecule has 230 valence electrons. The number of aromatic amines is 1. The summed E-state index contributed by atoms with van der Waals surface area (Å²) in [5.74, 6) is -1.47. The number of likely N-dealkylation sites (tertiary alicyclic amines) is 1. The van der Waals surface area contributed by atoms with E-state index in [2.05, 4.69) is 31.1 Å². The molecule has 0 unspecified atom stereocenters. The lowest BCUT2D eigenvalue weighted by Gasteiger charge is -2.25. The van der Waals surface area contributed by atoms with Gasteiger partial charge in [0, 0.05) is 50.4 Å². The van der Waals surface area contributed by atoms with Gasteiger partial charge in [0.1, 0.15) is 22.9 Å². The third-order valence-corrected chi connectivity index (χ3v) is 6.78. The fraction of sp³-hybridized carbons (Fsp3) is 0.433. The molecule has 1 fully saturated rings. The van der Waals surface area contributed by atoms with Crippen LogP contribution in [0.4, 0.5) is 19.4 Å². The van der Waals surface area contributed by atoms with Crippen LogP contribution in [-0.4, -0.2) is 75.8 Å². The van der Waals surface area contributed by atoms with Crippen molar-refractivity contribution in [3.8, 4) is 11.3 Å². The summed E-state index contributed by atoms with van der Waals surface area (Å²) in [6.07, 6.45) is 4.27. The lowest BCUT2D eigenvalue weighted by Crippen LogP contribution is -2.43. The normalized spacial score (nSPS) is 15.0. The minimum Gasteiger partial charge on any atom is -0.444 e. The first-order valence-electron chi connectivity index (χ1n) is 14.2. The van der Waals surface area contributed by atoms with E-state index in [9.17, 15) is 18.8 Å². The Hall–Kier alpha value is -4.55. The summed E-state index contributed by atoms with van der Waals surface area (Å²) < 4.78 is 33.9. The van der Waals surface area contributed by atoms with Crippen LogP contribution in [0, 0.1) is 11.6 Å². The van der Waals surface area contributed by atoms with Crippen molar-refractivity contribution in [2.24, 2.45) is 0 Å². The van der Waals surface area contributed by atoms with Gasteiger partial charge < -0.3 is 25.6 Å². The smallest absolute Gasteiger partial charge is 0.407 e. The van der Waals surface area contributed by atoms with Crippen molar-refractivity contribution in [2.75, 3.05) is 31.5 Å². The van der Waals surface area contributed by atoms with Crippen LogP contribution in [0.5, 0.6) is 0 Å². The fourth-order valence-corrected chi connectivity index (χ4v) is 4.77. The van der Waals surface area contributed by atoms with E-state index >= 15 is 4.39 Å². The first kappa shape index (κ1) is 31.4. The summed E-state index contributed by atoms with van der Waals surface area (Å²) in [6, 6.07) is 7.06. The third-order valence-electron chi connectivity index (χ3n) is 6.78. The summed E-state index contributed by atoms with van der Waals surface area (Å²) in [5.41, 5.74) is 0.585. The van der Waals surface area contributed by atoms with Gasteiger partial charge in [-0.2, -0.15) is 5.10 Å². The van der Waals surface area contributed by atoms with E-state index in [1.807, 2.05) is 0 Å². The molecule has 1 aliphatic heterocycles. The van der Waals surface area contributed by atoms with Crippen LogP contribution in [0.25, 0.3) is 11.3 Å². The summed E-state index contributed by atoms with van der Waals surface area (Å²) in [7, 11) is 0. The van der Waals surface area contributed by atoms with Crippen molar-refractivity contribution in [1.82, 2.24) is 30.7 Å². The molecule has 4 N–H and O–H groups in total. The summed E-state index contributed by atoms with van der Waals surface area (Å²) in [5, 5.41) is 15.1. The number of alkyl carbamates (subject to hydrolysis) is 1. The van der Waals surface area contributed by atoms with Crippen molar-refractivity contribution in [3.63, 3.8) is 0 Å². The Labute approximate surface area is 248 Å². The lowest BCUT2D eigenvalue weighted by atomic mass is 10.1. The number of pyridine rings is 1. The molecule has 1 aromatic carbocycles. The zero-order valence-electron chi connectivity index (χ0n) is 24.5. The number of carbonyl (C=O) groups is 3. The van der Waals surface area contributed by atoms with Gasteiger partial charge in [0.2, 0.25) is 5.91 Å². The van der Waals surface area contributed by atoms with E-state index < -0.39 is 23.4 Å². The number of nitrogens with zero attached hydrogens (tertiary/aromatic N) is 3. The molecule has 1 atom stereocenters. The molecule has 0 spiro atoms. The molecule has 13 heteroatoms. The van der Waals surface area contributed by atoms with Crippen LogP contribution in [0.3, 0.4) is 0 Å². The Balaban J connectivity index is 1.39. The highest BCUT2D eigenvalue weighted by Gasteiger charge is 2.31. The van der Waals surface area contributed by atoms with Gasteiger partial charge in [0.05, 0.1) is 11.8 Å². The molecule has 1 saturated heterocycles. The Bertz CT molecular complexity index is 1430. The lowest BCUT2D eigenvalue weighted by molar-refractivity contribution is -0.128. The number of halogens is 2. The molecule has 0 aliphatic carbocycles. The molecule has 1 aliphatic rings. The van der Waals surface area contributed by atoms with E-state index in [4.69, 9.17) is 4.74 Å². The Morgan fingerprint density at radius 3 is 2.70 bits per heavy atom. The number of amides is 3. The summed E-state index contributed by atoms with van der Waals surface area (Å²) in [6.45, 7) is 6.54. The third kappa shape index (κ3) is 8.97. The topological polar surface area (TPSA) is 141 Å². The minimum atomic E-state index is -0.697. The van der Waals surface area contributed by atoms with E-state index in [-0.39, 0.29) is 41.4 Å². The Kier molecular flexibility index (Phi) is 10.3. The molecule has 43 heavy (non-hydrogen) atoms. The van der Waals surface area contributed by atoms with Crippen LogP contribution in [-0.2, 0) is 16.0 Å². The van der Waals surface area contributed by atoms with Gasteiger partial charge in [0.25, 0.3) is 5.91 Å². The zero-order valence-corrected chi connectivity index (χ0v) is 24.5. The molecule has 0 radical (unpaired) electrons. The van der Waals surface area contributed by atoms with Gasteiger partial charge in [-0.15, -0.1) is 0 Å². The molecule has 3 amide bonds. The molecule has 0 bridgehead atoms. The predicted octanol–water partition coefficient (Wildman–Crippen LogP) is 4.04. The number of nitrogens with one attached hydrogen (secondary N) is 4. The maximum atomic E-state index is 15.1. The molecule has 11 nitrogen and oxygen atoms in total. The van der Waals surface area contributed by atoms with Gasteiger partial charge in [0.15, 0.2) is 5.82 Å². The van der Waals surface area contributed by atoms with Crippen LogP contribution >= 0.6 is 0 Å². The average molecular weight is 598 g/mol. The van der Waals surface area contributed by atoms with Gasteiger partial charge in [-0.3, -0.25) is 14.7 Å². The van der Waals surface area contributed by atoms with E-state index in [0.29, 0.717) is 50.9 Å². The molecule has 3 heterocycles. The van der Waals surface area contributed by atoms with Crippen LogP contribution in [0.15, 0.2) is 42.7 Å². The van der Waals surface area contributed by atoms with Gasteiger partial charge in [-0.05, 0) is 63.8 Å².